The summed E-state index contributed by atoms with van der Waals surface area (Å²) in [4.78, 5) is 2.49. The molecule has 0 saturated heterocycles. The van der Waals surface area contributed by atoms with Crippen LogP contribution in [0.1, 0.15) is 12.8 Å². The van der Waals surface area contributed by atoms with Crippen molar-refractivity contribution in [3.63, 3.8) is 0 Å². The van der Waals surface area contributed by atoms with E-state index in [9.17, 15) is 0 Å². The number of rotatable bonds is 0. The highest BCUT2D eigenvalue weighted by Gasteiger charge is 2.38. The van der Waals surface area contributed by atoms with Crippen LogP contribution in [0.5, 0.6) is 0 Å². The van der Waals surface area contributed by atoms with Crippen molar-refractivity contribution in [1.29, 1.82) is 0 Å². The van der Waals surface area contributed by atoms with Crippen LogP contribution in [-0.2, 0) is 0 Å². The molecule has 0 aromatic rings. The third-order valence-electron chi connectivity index (χ3n) is 3.73. The fourth-order valence-electron chi connectivity index (χ4n) is 3.00. The first kappa shape index (κ1) is 8.46. The van der Waals surface area contributed by atoms with Gasteiger partial charge >= 0.3 is 6.85 Å². The lowest BCUT2D eigenvalue weighted by Crippen LogP contribution is -2.45. The number of hydrogen-bond acceptors (Lipinski definition) is 1. The van der Waals surface area contributed by atoms with Crippen molar-refractivity contribution >= 4 is 6.85 Å². The molecule has 0 unspecified atom stereocenters. The third-order valence-corrected chi connectivity index (χ3v) is 3.73. The highest BCUT2D eigenvalue weighted by atomic mass is 15.1. The van der Waals surface area contributed by atoms with Gasteiger partial charge in [-0.05, 0) is 24.6 Å². The summed E-state index contributed by atoms with van der Waals surface area (Å²) in [6.07, 6.45) is 20.3. The maximum absolute atomic E-state index is 2.49. The van der Waals surface area contributed by atoms with Gasteiger partial charge in [0.15, 0.2) is 0 Å². The molecule has 0 fully saturated rings. The zero-order valence-corrected chi connectivity index (χ0v) is 9.06. The molecule has 16 heavy (non-hydrogen) atoms. The normalized spacial score (nSPS) is 24.5. The van der Waals surface area contributed by atoms with Gasteiger partial charge in [-0.2, -0.15) is 0 Å². The molecule has 0 atom stereocenters. The second kappa shape index (κ2) is 2.91. The van der Waals surface area contributed by atoms with Gasteiger partial charge in [0.1, 0.15) is 0 Å². The van der Waals surface area contributed by atoms with Gasteiger partial charge in [-0.3, -0.25) is 0 Å². The fourth-order valence-corrected chi connectivity index (χ4v) is 3.00. The second-order valence-corrected chi connectivity index (χ2v) is 4.64. The van der Waals surface area contributed by atoms with Crippen LogP contribution in [-0.4, -0.2) is 11.7 Å². The van der Waals surface area contributed by atoms with E-state index in [-0.39, 0.29) is 0 Å². The second-order valence-electron chi connectivity index (χ2n) is 4.64. The molecule has 0 aliphatic carbocycles. The molecule has 0 spiro atoms. The minimum atomic E-state index is 0.481. The summed E-state index contributed by atoms with van der Waals surface area (Å²) >= 11 is 0. The SMILES string of the molecule is C1=CC2=CC=C3C=CCC4=CC=C(C1)B2N34. The Kier molecular flexibility index (Phi) is 1.54. The Balaban J connectivity index is 1.98. The molecule has 1 nitrogen and oxygen atoms in total. The summed E-state index contributed by atoms with van der Waals surface area (Å²) in [7, 11) is 0. The Hall–Kier alpha value is -1.70. The lowest BCUT2D eigenvalue weighted by molar-refractivity contribution is 0.631. The van der Waals surface area contributed by atoms with Crippen LogP contribution in [0.3, 0.4) is 0 Å². The van der Waals surface area contributed by atoms with Crippen LogP contribution in [0.15, 0.2) is 70.9 Å². The van der Waals surface area contributed by atoms with E-state index in [0.29, 0.717) is 6.85 Å². The molecule has 0 radical (unpaired) electrons. The molecule has 0 aromatic carbocycles. The summed E-state index contributed by atoms with van der Waals surface area (Å²) in [5.41, 5.74) is 5.73. The number of nitrogens with zero attached hydrogens (tertiary/aromatic N) is 1. The van der Waals surface area contributed by atoms with Gasteiger partial charge in [0, 0.05) is 17.8 Å². The van der Waals surface area contributed by atoms with E-state index < -0.39 is 0 Å². The summed E-state index contributed by atoms with van der Waals surface area (Å²) in [6.45, 7) is 0.481. The summed E-state index contributed by atoms with van der Waals surface area (Å²) < 4.78 is 0. The predicted octanol–water partition coefficient (Wildman–Crippen LogP) is 2.93. The quantitative estimate of drug-likeness (QED) is 0.549. The van der Waals surface area contributed by atoms with Crippen molar-refractivity contribution in [1.82, 2.24) is 4.81 Å². The van der Waals surface area contributed by atoms with Crippen molar-refractivity contribution < 1.29 is 0 Å². The van der Waals surface area contributed by atoms with Crippen molar-refractivity contribution in [2.75, 3.05) is 0 Å². The van der Waals surface area contributed by atoms with Gasteiger partial charge in [0.05, 0.1) is 0 Å². The minimum absolute atomic E-state index is 0.481. The Morgan fingerprint density at radius 3 is 2.88 bits per heavy atom. The van der Waals surface area contributed by atoms with E-state index >= 15 is 0 Å². The average Bonchev–Trinajstić information content (AvgIpc) is 2.36. The van der Waals surface area contributed by atoms with Crippen LogP contribution in [0, 0.1) is 0 Å². The first-order valence-corrected chi connectivity index (χ1v) is 5.87. The van der Waals surface area contributed by atoms with E-state index in [0.717, 1.165) is 12.8 Å². The first-order valence-electron chi connectivity index (χ1n) is 5.87. The smallest absolute Gasteiger partial charge is 0.324 e. The van der Waals surface area contributed by atoms with Crippen LogP contribution in [0.2, 0.25) is 0 Å². The molecule has 2 heteroatoms. The third kappa shape index (κ3) is 0.968. The van der Waals surface area contributed by atoms with Gasteiger partial charge in [0.2, 0.25) is 0 Å². The first-order chi connectivity index (χ1) is 7.93. The highest BCUT2D eigenvalue weighted by Crippen LogP contribution is 2.38. The van der Waals surface area contributed by atoms with Gasteiger partial charge in [-0.1, -0.05) is 41.3 Å². The zero-order chi connectivity index (χ0) is 10.5. The Morgan fingerprint density at radius 2 is 1.88 bits per heavy atom. The molecule has 0 bridgehead atoms. The molecule has 0 N–H and O–H groups in total. The Labute approximate surface area is 95.9 Å². The molecular weight excluding hydrogens is 193 g/mol. The van der Waals surface area contributed by atoms with Crippen LogP contribution >= 0.6 is 0 Å². The van der Waals surface area contributed by atoms with Gasteiger partial charge < -0.3 is 4.81 Å². The Morgan fingerprint density at radius 1 is 0.938 bits per heavy atom. The summed E-state index contributed by atoms with van der Waals surface area (Å²) in [6, 6.07) is 0. The van der Waals surface area contributed by atoms with Crippen molar-refractivity contribution in [2.24, 2.45) is 0 Å². The average molecular weight is 205 g/mol. The zero-order valence-electron chi connectivity index (χ0n) is 9.06. The molecule has 0 saturated carbocycles. The molecule has 4 rings (SSSR count). The Bertz CT molecular complexity index is 493. The maximum Gasteiger partial charge on any atom is 0.324 e. The molecule has 76 valence electrons. The van der Waals surface area contributed by atoms with E-state index in [1.165, 1.54) is 22.3 Å². The lowest BCUT2D eigenvalue weighted by Gasteiger charge is -2.43. The van der Waals surface area contributed by atoms with E-state index in [4.69, 9.17) is 0 Å². The summed E-state index contributed by atoms with van der Waals surface area (Å²) in [5.74, 6) is 0. The van der Waals surface area contributed by atoms with Crippen molar-refractivity contribution in [2.45, 2.75) is 12.8 Å². The molecular formula is C14H12BN. The van der Waals surface area contributed by atoms with Gasteiger partial charge in [-0.15, -0.1) is 0 Å². The fraction of sp³-hybridized carbons (Fsp3) is 0.143. The van der Waals surface area contributed by atoms with E-state index in [2.05, 4.69) is 53.4 Å². The van der Waals surface area contributed by atoms with Crippen LogP contribution < -0.4 is 0 Å². The monoisotopic (exact) mass is 205 g/mol. The minimum Gasteiger partial charge on any atom is -0.380 e. The number of hydrogen-bond donors (Lipinski definition) is 0. The molecule has 4 aliphatic rings. The molecule has 4 heterocycles. The van der Waals surface area contributed by atoms with Crippen LogP contribution in [0.4, 0.5) is 0 Å². The number of allylic oxidation sites excluding steroid dienone is 10. The van der Waals surface area contributed by atoms with E-state index in [1.807, 2.05) is 0 Å². The largest absolute Gasteiger partial charge is 0.380 e. The molecule has 4 aliphatic heterocycles. The maximum atomic E-state index is 2.49. The van der Waals surface area contributed by atoms with Crippen molar-refractivity contribution in [3.05, 3.63) is 70.9 Å². The molecule has 0 aromatic heterocycles. The topological polar surface area (TPSA) is 3.24 Å². The summed E-state index contributed by atoms with van der Waals surface area (Å²) in [5, 5.41) is 0. The van der Waals surface area contributed by atoms with Crippen LogP contribution in [0.25, 0.3) is 0 Å². The van der Waals surface area contributed by atoms with E-state index in [1.54, 1.807) is 0 Å². The predicted molar refractivity (Wildman–Crippen MR) is 67.4 cm³/mol. The van der Waals surface area contributed by atoms with Gasteiger partial charge in [0.25, 0.3) is 0 Å². The molecule has 0 amide bonds. The van der Waals surface area contributed by atoms with Crippen molar-refractivity contribution in [3.8, 4) is 0 Å². The van der Waals surface area contributed by atoms with Gasteiger partial charge in [-0.25, -0.2) is 0 Å². The standard InChI is InChI=1S/C14H12BN/c1-3-11-7-9-13-5-2-6-14-10-8-12(4-1)15(11)16(13)14/h1-3,5,7-10H,4,6H2. The highest BCUT2D eigenvalue weighted by molar-refractivity contribution is 6.74. The lowest BCUT2D eigenvalue weighted by atomic mass is 9.42.